The van der Waals surface area contributed by atoms with E-state index < -0.39 is 23.3 Å². The van der Waals surface area contributed by atoms with Gasteiger partial charge in [-0.1, -0.05) is 47.1 Å². The van der Waals surface area contributed by atoms with E-state index in [-0.39, 0.29) is 27.7 Å². The highest BCUT2D eigenvalue weighted by Crippen LogP contribution is 2.40. The van der Waals surface area contributed by atoms with Gasteiger partial charge in [-0.05, 0) is 17.7 Å². The molecule has 2 aliphatic heterocycles. The predicted molar refractivity (Wildman–Crippen MR) is 151 cm³/mol. The van der Waals surface area contributed by atoms with E-state index in [0.29, 0.717) is 44.0 Å². The lowest BCUT2D eigenvalue weighted by Crippen LogP contribution is -2.70. The first-order valence-electron chi connectivity index (χ1n) is 11.1. The second kappa shape index (κ2) is 11.6. The number of nitrogens with zero attached hydrogens (tertiary/aromatic N) is 5. The van der Waals surface area contributed by atoms with Crippen LogP contribution in [0.25, 0.3) is 11.0 Å². The number of nitrogens with one attached hydrogen (secondary N) is 2. The standard InChI is InChI=1S/C22H18Cl2N8O4S3/c23-12-4-10(5-13(24)27-12)38-8-14(33)28-15-19(34)32-16(21(35)36)9(7-39-20(15)32)2-1-3-37-22-29-17(25)11-6-26-31-18(11)30-22/h1-2,4-6,15,20H,3,7-8H2,(H,28,33)(H,35,36)(H3,25,26,29,30,31)/b2-1+/t15-,20-/m1/s1. The number of hydrogen-bond acceptors (Lipinski definition) is 11. The van der Waals surface area contributed by atoms with E-state index >= 15 is 0 Å². The van der Waals surface area contributed by atoms with Crippen molar-refractivity contribution in [3.63, 3.8) is 0 Å². The Hall–Kier alpha value is -2.98. The van der Waals surface area contributed by atoms with Crippen molar-refractivity contribution in [3.8, 4) is 0 Å². The van der Waals surface area contributed by atoms with E-state index in [2.05, 4.69) is 30.5 Å². The minimum atomic E-state index is -1.21. The smallest absolute Gasteiger partial charge is 0.352 e. The second-order valence-electron chi connectivity index (χ2n) is 8.11. The predicted octanol–water partition coefficient (Wildman–Crippen LogP) is 2.82. The number of halogens is 2. The number of rotatable bonds is 9. The maximum atomic E-state index is 12.9. The molecule has 5 heterocycles. The Morgan fingerprint density at radius 1 is 1.26 bits per heavy atom. The summed E-state index contributed by atoms with van der Waals surface area (Å²) in [6, 6.07) is 2.34. The van der Waals surface area contributed by atoms with Crippen LogP contribution in [0, 0.1) is 0 Å². The number of aliphatic carboxylic acids is 1. The Kier molecular flexibility index (Phi) is 8.23. The number of aromatic nitrogens is 5. The highest BCUT2D eigenvalue weighted by atomic mass is 35.5. The Morgan fingerprint density at radius 3 is 2.77 bits per heavy atom. The van der Waals surface area contributed by atoms with Crippen LogP contribution in [0.4, 0.5) is 5.82 Å². The van der Waals surface area contributed by atoms with E-state index in [1.54, 1.807) is 30.5 Å². The fraction of sp³-hybridized carbons (Fsp3) is 0.227. The Labute approximate surface area is 243 Å². The fourth-order valence-electron chi connectivity index (χ4n) is 3.87. The number of aromatic amines is 1. The third-order valence-electron chi connectivity index (χ3n) is 5.57. The highest BCUT2D eigenvalue weighted by molar-refractivity contribution is 8.00. The molecule has 5 N–H and O–H groups in total. The molecule has 0 spiro atoms. The lowest BCUT2D eigenvalue weighted by atomic mass is 10.0. The number of pyridine rings is 1. The molecule has 0 unspecified atom stereocenters. The van der Waals surface area contributed by atoms with Crippen LogP contribution in [0.3, 0.4) is 0 Å². The number of carbonyl (C=O) groups excluding carboxylic acids is 2. The molecule has 1 saturated heterocycles. The van der Waals surface area contributed by atoms with Crippen LogP contribution in [0.5, 0.6) is 0 Å². The molecule has 0 aliphatic carbocycles. The van der Waals surface area contributed by atoms with Crippen molar-refractivity contribution >= 4 is 93.1 Å². The van der Waals surface area contributed by atoms with Crippen LogP contribution < -0.4 is 11.1 Å². The summed E-state index contributed by atoms with van der Waals surface area (Å²) in [5.41, 5.74) is 6.85. The van der Waals surface area contributed by atoms with Crippen LogP contribution in [0.2, 0.25) is 10.3 Å². The van der Waals surface area contributed by atoms with Gasteiger partial charge in [0.05, 0.1) is 17.3 Å². The van der Waals surface area contributed by atoms with Gasteiger partial charge in [-0.3, -0.25) is 19.6 Å². The summed E-state index contributed by atoms with van der Waals surface area (Å²) >= 11 is 15.7. The first kappa shape index (κ1) is 27.6. The molecule has 0 saturated carbocycles. The minimum absolute atomic E-state index is 0.0216. The largest absolute Gasteiger partial charge is 0.477 e. The van der Waals surface area contributed by atoms with Gasteiger partial charge in [0.1, 0.15) is 33.2 Å². The van der Waals surface area contributed by atoms with Crippen molar-refractivity contribution in [1.29, 1.82) is 0 Å². The van der Waals surface area contributed by atoms with Crippen LogP contribution in [-0.2, 0) is 14.4 Å². The van der Waals surface area contributed by atoms with Crippen molar-refractivity contribution in [2.24, 2.45) is 0 Å². The number of H-pyrrole nitrogens is 1. The number of carboxylic acids is 1. The van der Waals surface area contributed by atoms with Gasteiger partial charge in [0.15, 0.2) is 10.8 Å². The summed E-state index contributed by atoms with van der Waals surface area (Å²) in [7, 11) is 0. The molecule has 0 radical (unpaired) electrons. The molecule has 2 amide bonds. The number of carboxylic acid groups (broad SMARTS) is 1. The van der Waals surface area contributed by atoms with E-state index in [0.717, 1.165) is 0 Å². The topological polar surface area (TPSA) is 180 Å². The molecule has 12 nitrogen and oxygen atoms in total. The molecule has 0 bridgehead atoms. The summed E-state index contributed by atoms with van der Waals surface area (Å²) in [5.74, 6) is -0.926. The third kappa shape index (κ3) is 5.96. The fourth-order valence-corrected chi connectivity index (χ4v) is 7.21. The molecule has 2 atom stereocenters. The number of nitrogen functional groups attached to an aromatic ring is 1. The molecular weight excluding hydrogens is 607 g/mol. The number of carbonyl (C=O) groups is 3. The van der Waals surface area contributed by atoms with Gasteiger partial charge in [0, 0.05) is 16.4 Å². The lowest BCUT2D eigenvalue weighted by Gasteiger charge is -2.49. The monoisotopic (exact) mass is 624 g/mol. The van der Waals surface area contributed by atoms with Gasteiger partial charge < -0.3 is 16.2 Å². The zero-order chi connectivity index (χ0) is 27.7. The third-order valence-corrected chi connectivity index (χ3v) is 9.03. The summed E-state index contributed by atoms with van der Waals surface area (Å²) in [6.07, 6.45) is 5.01. The average Bonchev–Trinajstić information content (AvgIpc) is 3.37. The van der Waals surface area contributed by atoms with Gasteiger partial charge in [-0.25, -0.2) is 19.7 Å². The maximum Gasteiger partial charge on any atom is 0.352 e. The van der Waals surface area contributed by atoms with Gasteiger partial charge in [-0.15, -0.1) is 23.5 Å². The number of amides is 2. The van der Waals surface area contributed by atoms with Gasteiger partial charge in [0.25, 0.3) is 5.91 Å². The minimum Gasteiger partial charge on any atom is -0.477 e. The van der Waals surface area contributed by atoms with E-state index in [1.807, 2.05) is 0 Å². The van der Waals surface area contributed by atoms with Gasteiger partial charge in [0.2, 0.25) is 5.91 Å². The zero-order valence-corrected chi connectivity index (χ0v) is 23.6. The molecule has 39 heavy (non-hydrogen) atoms. The lowest BCUT2D eigenvalue weighted by molar-refractivity contribution is -0.150. The highest BCUT2D eigenvalue weighted by Gasteiger charge is 2.53. The van der Waals surface area contributed by atoms with Gasteiger partial charge >= 0.3 is 5.97 Å². The first-order chi connectivity index (χ1) is 18.7. The molecule has 5 rings (SSSR count). The number of allylic oxidation sites excluding steroid dienone is 1. The van der Waals surface area contributed by atoms with E-state index in [9.17, 15) is 19.5 Å². The molecule has 1 fully saturated rings. The van der Waals surface area contributed by atoms with Crippen molar-refractivity contribution in [3.05, 3.63) is 52.1 Å². The van der Waals surface area contributed by atoms with Crippen LogP contribution in [-0.4, -0.2) is 81.6 Å². The van der Waals surface area contributed by atoms with E-state index in [1.165, 1.54) is 40.2 Å². The van der Waals surface area contributed by atoms with Crippen molar-refractivity contribution in [2.45, 2.75) is 21.5 Å². The summed E-state index contributed by atoms with van der Waals surface area (Å²) < 4.78 is 0. The van der Waals surface area contributed by atoms with Crippen molar-refractivity contribution in [2.75, 3.05) is 23.0 Å². The normalized spacial score (nSPS) is 18.9. The molecule has 3 aromatic rings. The number of thioether (sulfide) groups is 3. The molecule has 2 aliphatic rings. The summed E-state index contributed by atoms with van der Waals surface area (Å²) in [4.78, 5) is 51.8. The number of fused-ring (bicyclic) bond motifs is 2. The SMILES string of the molecule is Nc1nc(SC/C=C/C2=C(C(=O)O)N3C(=O)[C@@H](NC(=O)CSc4cc(Cl)nc(Cl)c4)[C@H]3SC2)nc2[nH]ncc12. The molecule has 17 heteroatoms. The average molecular weight is 626 g/mol. The van der Waals surface area contributed by atoms with Crippen molar-refractivity contribution in [1.82, 2.24) is 35.4 Å². The first-order valence-corrected chi connectivity index (χ1v) is 14.9. The second-order valence-corrected chi connectivity index (χ2v) is 12.0. The van der Waals surface area contributed by atoms with Gasteiger partial charge in [-0.2, -0.15) is 5.10 Å². The maximum absolute atomic E-state index is 12.9. The van der Waals surface area contributed by atoms with Crippen LogP contribution in [0.15, 0.2) is 51.8 Å². The number of hydrogen-bond donors (Lipinski definition) is 4. The molecule has 3 aromatic heterocycles. The Morgan fingerprint density at radius 2 is 2.03 bits per heavy atom. The molecule has 202 valence electrons. The van der Waals surface area contributed by atoms with Crippen LogP contribution in [0.1, 0.15) is 0 Å². The van der Waals surface area contributed by atoms with Crippen LogP contribution >= 0.6 is 58.5 Å². The Bertz CT molecular complexity index is 1530. The zero-order valence-electron chi connectivity index (χ0n) is 19.6. The number of β-lactam (4-membered cyclic amide) rings is 1. The quantitative estimate of drug-likeness (QED) is 0.118. The van der Waals surface area contributed by atoms with E-state index in [4.69, 9.17) is 28.9 Å². The number of anilines is 1. The molecular formula is C22H18Cl2N8O4S3. The Balaban J connectivity index is 1.19. The molecule has 0 aromatic carbocycles. The van der Waals surface area contributed by atoms with Crippen molar-refractivity contribution < 1.29 is 19.5 Å². The number of nitrogens with two attached hydrogens (primary N) is 1. The summed E-state index contributed by atoms with van der Waals surface area (Å²) in [6.45, 7) is 0. The summed E-state index contributed by atoms with van der Waals surface area (Å²) in [5, 5.41) is 20.2.